The zero-order valence-corrected chi connectivity index (χ0v) is 105. The third kappa shape index (κ3) is 83.8. The van der Waals surface area contributed by atoms with Crippen molar-refractivity contribution in [2.24, 2.45) is 38.7 Å². The van der Waals surface area contributed by atoms with Crippen molar-refractivity contribution in [3.63, 3.8) is 0 Å². The van der Waals surface area contributed by atoms with Crippen molar-refractivity contribution in [1.29, 1.82) is 10.5 Å². The Morgan fingerprint density at radius 3 is 1.05 bits per heavy atom. The predicted molar refractivity (Wildman–Crippen MR) is 585 cm³/mol. The molecule has 0 aliphatic carbocycles. The Bertz CT molecular complexity index is 4780. The largest absolute Gasteiger partial charge is 1.00 e. The zero-order valence-electron chi connectivity index (χ0n) is 91.3. The first kappa shape index (κ1) is 151. The molecule has 2 saturated heterocycles. The summed E-state index contributed by atoms with van der Waals surface area (Å²) in [6.07, 6.45) is 13.1. The summed E-state index contributed by atoms with van der Waals surface area (Å²) in [6.45, 7) is 45.0. The number of terminal acetylenes is 1. The number of nitriles is 2. The summed E-state index contributed by atoms with van der Waals surface area (Å²) in [5, 5.41) is 70.6. The van der Waals surface area contributed by atoms with Crippen LogP contribution in [0.5, 0.6) is 0 Å². The van der Waals surface area contributed by atoms with Crippen molar-refractivity contribution >= 4 is 112 Å². The van der Waals surface area contributed by atoms with Crippen molar-refractivity contribution < 1.29 is 194 Å². The fourth-order valence-corrected chi connectivity index (χ4v) is 15.4. The first-order valence-corrected chi connectivity index (χ1v) is 52.6. The average Bonchev–Trinajstić information content (AvgIpc) is 0.884. The Labute approximate surface area is 995 Å². The Morgan fingerprint density at radius 1 is 0.517 bits per heavy atom. The number of alkyl halides is 7. The third-order valence-corrected chi connectivity index (χ3v) is 22.7. The van der Waals surface area contributed by atoms with Gasteiger partial charge < -0.3 is 67.9 Å². The molecular formula is C112H162BBr5F6K2N6O13. The molecule has 6 aromatic rings. The van der Waals surface area contributed by atoms with E-state index in [4.69, 9.17) is 59.9 Å². The van der Waals surface area contributed by atoms with Crippen LogP contribution in [0.15, 0.2) is 163 Å². The van der Waals surface area contributed by atoms with E-state index in [0.717, 1.165) is 169 Å². The standard InChI is InChI=1S/C22H30F3NO2.C20H31NO.C16H24BrNO2.C13H15BrF3NO.C11H12BrN.C9H16O.C7H6Br2.C4H7BO.C4H7N.C4H8O.CH2O3.CH4O.2K.H/c1-5-11-21(28,12-6-2)13-10-17-8-7-9-18(14-17)15-20(3,4)16-26-19(27)22(23,24)25;1-5-11-20(22,12-6-2)13-10-17-8-7-9-18(14-17)15-19(3,4)16-21;1-15(2,3)20-14(19)18-11-16(4,5)10-12-7-6-8-13(17)9-12;1-12(2,8-18-11(19)13(15,16)17)7-9-4-3-5-10(14)6-9;1-11(2,8-13)7-9-4-3-5-10(12)6-9;1-4-7-9(10,6-3)8-5-2;8-5-6-2-1-3-7(9)4-6;5-4-2-1-3-6-4;1-4(2)3-5;1-2-4-5-3-1;2-1-4-3;1-2;;;/h7-9,14,28H,5-6,11-12,15-16H2,1-4H3,(H,26,27);7-9,14,22H,5-6,11-12,15-16,21H2,1-4H3;6-9H,10-11H2,1-5H3,(H,18,19);3-6H,7-8H2,1-2H3,(H,18,19);3-6H,7H2,1-2H3;3,10H,4-5,7-8H2,1-2H3;1-4H,5H2;4H,1-3H2;4H,1-2H3;1-4H2;1,3H;2H,1H3;;;/q;;;;;;;;;;;;2*+1;-1/p-1. The van der Waals surface area contributed by atoms with Crippen LogP contribution in [0.3, 0.4) is 0 Å². The summed E-state index contributed by atoms with van der Waals surface area (Å²) >= 11 is 17.0. The molecule has 1 unspecified atom stereocenters. The maximum Gasteiger partial charge on any atom is 1.00 e. The summed E-state index contributed by atoms with van der Waals surface area (Å²) in [5.41, 5.74) is 10.1. The molecule has 0 saturated carbocycles. The molecule has 2 aliphatic rings. The fourth-order valence-electron chi connectivity index (χ4n) is 13.3. The van der Waals surface area contributed by atoms with E-state index in [1.807, 2.05) is 210 Å². The Morgan fingerprint density at radius 2 is 0.814 bits per heavy atom. The van der Waals surface area contributed by atoms with Gasteiger partial charge in [0.1, 0.15) is 30.3 Å². The van der Waals surface area contributed by atoms with Crippen molar-refractivity contribution in [3.05, 3.63) is 208 Å². The SMILES string of the molecule is BrCc1cccc(Br)c1.C#CC(O)(CCC)CCC.C1CCOC1.CC(C)(C#N)Cc1cccc(Br)c1.CC(C)(CNC(=O)C(F)(F)F)Cc1cccc(Br)c1.CC(C)(CNC(=O)OC(C)(C)C)Cc1cccc(Br)c1.CC(C)C#N.CCCC(O)(C#Cc1cccc(CC(C)(C)CN)c1)CCC.CCCC(O)(C#Cc1cccc(CC(C)(C)CNC(=O)C(F)(F)F)c1)CCC.CO.O=CO[O-].[B]C1CCCO1.[H-].[K+].[K+]. The van der Waals surface area contributed by atoms with Gasteiger partial charge in [-0.3, -0.25) is 14.4 Å². The molecule has 2 fully saturated rings. The molecule has 145 heavy (non-hydrogen) atoms. The topological polar surface area (TPSA) is 319 Å². The van der Waals surface area contributed by atoms with Gasteiger partial charge in [-0.2, -0.15) is 36.9 Å². The van der Waals surface area contributed by atoms with Gasteiger partial charge in [0.2, 0.25) is 0 Å². The predicted octanol–water partition coefficient (Wildman–Crippen LogP) is 20.0. The van der Waals surface area contributed by atoms with Gasteiger partial charge in [0, 0.05) is 92.8 Å². The van der Waals surface area contributed by atoms with Gasteiger partial charge in [0.15, 0.2) is 0 Å². The van der Waals surface area contributed by atoms with Gasteiger partial charge in [-0.15, -0.1) is 6.42 Å². The molecule has 0 aromatic heterocycles. The molecule has 0 bridgehead atoms. The van der Waals surface area contributed by atoms with Gasteiger partial charge in [-0.25, -0.2) is 4.79 Å². The molecule has 2 radical (unpaired) electrons. The van der Waals surface area contributed by atoms with Crippen LogP contribution in [0, 0.1) is 91.7 Å². The van der Waals surface area contributed by atoms with E-state index in [-0.39, 0.29) is 158 Å². The minimum atomic E-state index is -4.88. The molecule has 0 spiro atoms. The Hall–Kier alpha value is -4.34. The second-order valence-corrected chi connectivity index (χ2v) is 43.8. The van der Waals surface area contributed by atoms with Crippen LogP contribution in [0.2, 0.25) is 0 Å². The van der Waals surface area contributed by atoms with Crippen molar-refractivity contribution in [2.45, 2.75) is 326 Å². The third-order valence-electron chi connectivity index (χ3n) is 20.1. The van der Waals surface area contributed by atoms with Crippen LogP contribution in [0.4, 0.5) is 31.1 Å². The zero-order chi connectivity index (χ0) is 110. The number of alkyl carbamates (subject to hydrolysis) is 1. The average molecular weight is 2400 g/mol. The molecule has 2 heterocycles. The maximum atomic E-state index is 12.3. The number of aliphatic hydroxyl groups excluding tert-OH is 1. The van der Waals surface area contributed by atoms with Crippen molar-refractivity contribution in [1.82, 2.24) is 16.0 Å². The van der Waals surface area contributed by atoms with Crippen molar-refractivity contribution in [2.75, 3.05) is 53.1 Å². The van der Waals surface area contributed by atoms with Crippen molar-refractivity contribution in [3.8, 4) is 48.2 Å². The number of nitrogens with two attached hydrogens (primary N) is 1. The number of carbonyl (C=O) groups is 4. The minimum Gasteiger partial charge on any atom is -1.00 e. The minimum absolute atomic E-state index is 0. The maximum absolute atomic E-state index is 12.3. The Kier molecular flexibility index (Phi) is 85.8. The summed E-state index contributed by atoms with van der Waals surface area (Å²) in [7, 11) is 6.31. The van der Waals surface area contributed by atoms with Crippen LogP contribution in [0.1, 0.15) is 294 Å². The second-order valence-electron chi connectivity index (χ2n) is 39.6. The number of hydrogen-bond donors (Lipinski definition) is 8. The van der Waals surface area contributed by atoms with Crippen LogP contribution in [0.25, 0.3) is 0 Å². The number of halogens is 11. The monoisotopic (exact) mass is 2400 g/mol. The van der Waals surface area contributed by atoms with Gasteiger partial charge in [-0.05, 0) is 279 Å². The Balaban J connectivity index is -0.000000302. The summed E-state index contributed by atoms with van der Waals surface area (Å²) < 4.78 is 92.6. The number of rotatable bonds is 31. The van der Waals surface area contributed by atoms with Gasteiger partial charge in [-0.1, -0.05) is 318 Å². The quantitative estimate of drug-likeness (QED) is 0.00381. The van der Waals surface area contributed by atoms with Crippen LogP contribution >= 0.6 is 79.6 Å². The van der Waals surface area contributed by atoms with Crippen LogP contribution in [-0.4, -0.2) is 147 Å². The van der Waals surface area contributed by atoms with E-state index in [1.165, 1.54) is 35.1 Å². The fraction of sp³-hybridized carbons (Fsp3) is 0.571. The molecular weight excluding hydrogens is 2240 g/mol. The number of amides is 3. The van der Waals surface area contributed by atoms with Crippen LogP contribution < -0.4 is 130 Å². The summed E-state index contributed by atoms with van der Waals surface area (Å²) in [5.74, 6) is 11.1. The smallest absolute Gasteiger partial charge is 1.00 e. The van der Waals surface area contributed by atoms with E-state index in [9.17, 15) is 56.0 Å². The summed E-state index contributed by atoms with van der Waals surface area (Å²) in [4.78, 5) is 44.7. The molecule has 9 N–H and O–H groups in total. The van der Waals surface area contributed by atoms with E-state index < -0.39 is 57.4 Å². The number of aliphatic hydroxyl groups is 4. The van der Waals surface area contributed by atoms with Gasteiger partial charge >= 0.3 is 133 Å². The van der Waals surface area contributed by atoms with Crippen LogP contribution in [-0.2, 0) is 70.9 Å². The number of nitrogens with one attached hydrogen (secondary N) is 3. The molecule has 8 rings (SSSR count). The van der Waals surface area contributed by atoms with Gasteiger partial charge in [0.25, 0.3) is 6.47 Å². The normalized spacial score (nSPS) is 12.5. The number of nitrogens with zero attached hydrogens (tertiary/aromatic N) is 2. The number of hydrogen-bond acceptors (Lipinski definition) is 16. The van der Waals surface area contributed by atoms with E-state index in [0.29, 0.717) is 38.8 Å². The number of benzene rings is 6. The molecule has 2 aliphatic heterocycles. The van der Waals surface area contributed by atoms with E-state index in [1.54, 1.807) is 13.8 Å². The van der Waals surface area contributed by atoms with E-state index in [2.05, 4.69) is 210 Å². The molecule has 3 amide bonds. The van der Waals surface area contributed by atoms with Gasteiger partial charge in [0.05, 0.1) is 17.6 Å². The number of ether oxygens (including phenoxy) is 3. The first-order chi connectivity index (χ1) is 66.5. The summed E-state index contributed by atoms with van der Waals surface area (Å²) in [6, 6.07) is 52.2. The molecule has 6 aromatic carbocycles. The van der Waals surface area contributed by atoms with E-state index >= 15 is 0 Å². The number of carbonyl (C=O) groups excluding carboxylic acids is 4. The molecule has 1 atom stereocenters. The second kappa shape index (κ2) is 82.3. The molecule has 19 nitrogen and oxygen atoms in total. The molecule has 33 heteroatoms. The first-order valence-electron chi connectivity index (χ1n) is 48.3. The molecule has 800 valence electrons.